The predicted molar refractivity (Wildman–Crippen MR) is 43.2 cm³/mol. The number of aromatic nitrogens is 1. The summed E-state index contributed by atoms with van der Waals surface area (Å²) in [5.41, 5.74) is 10.1. The molecule has 0 radical (unpaired) electrons. The van der Waals surface area contributed by atoms with Gasteiger partial charge in [-0.3, -0.25) is 0 Å². The molecule has 0 fully saturated rings. The second-order valence-electron chi connectivity index (χ2n) is 2.43. The molecule has 5 N–H and O–H groups in total. The smallest absolute Gasteiger partial charge is 0.284 e. The number of nitrogens with two attached hydrogens (primary N) is 2. The molecule has 0 amide bonds. The van der Waals surface area contributed by atoms with E-state index < -0.39 is 17.9 Å². The third-order valence-electron chi connectivity index (χ3n) is 1.63. The van der Waals surface area contributed by atoms with Gasteiger partial charge in [0.2, 0.25) is 0 Å². The zero-order valence-electron chi connectivity index (χ0n) is 6.67. The van der Waals surface area contributed by atoms with Gasteiger partial charge in [0.25, 0.3) is 6.43 Å². The molecule has 6 heteroatoms. The first-order valence-electron chi connectivity index (χ1n) is 3.52. The summed E-state index contributed by atoms with van der Waals surface area (Å²) in [7, 11) is 0. The maximum absolute atomic E-state index is 12.2. The van der Waals surface area contributed by atoms with Gasteiger partial charge in [-0.15, -0.1) is 0 Å². The van der Waals surface area contributed by atoms with E-state index in [0.717, 1.165) is 6.20 Å². The van der Waals surface area contributed by atoms with Crippen LogP contribution in [0.1, 0.15) is 17.7 Å². The second kappa shape index (κ2) is 3.53. The van der Waals surface area contributed by atoms with Crippen LogP contribution in [0.3, 0.4) is 0 Å². The van der Waals surface area contributed by atoms with Crippen LogP contribution in [0.2, 0.25) is 0 Å². The van der Waals surface area contributed by atoms with Crippen LogP contribution in [0.15, 0.2) is 6.20 Å². The average Bonchev–Trinajstić information content (AvgIpc) is 2.04. The number of pyridine rings is 1. The van der Waals surface area contributed by atoms with Crippen LogP contribution in [0, 0.1) is 0 Å². The molecule has 0 saturated heterocycles. The van der Waals surface area contributed by atoms with Gasteiger partial charge >= 0.3 is 0 Å². The Labute approximate surface area is 73.2 Å². The molecule has 4 nitrogen and oxygen atoms in total. The van der Waals surface area contributed by atoms with Crippen LogP contribution >= 0.6 is 0 Å². The first-order valence-corrected chi connectivity index (χ1v) is 3.52. The number of anilines is 1. The number of aromatic hydroxyl groups is 1. The lowest BCUT2D eigenvalue weighted by molar-refractivity contribution is 0.141. The molecule has 13 heavy (non-hydrogen) atoms. The Kier molecular flexibility index (Phi) is 2.62. The number of hydrogen-bond donors (Lipinski definition) is 3. The Morgan fingerprint density at radius 2 is 2.15 bits per heavy atom. The summed E-state index contributed by atoms with van der Waals surface area (Å²) in [5, 5.41) is 9.24. The van der Waals surface area contributed by atoms with Crippen molar-refractivity contribution in [3.63, 3.8) is 0 Å². The zero-order chi connectivity index (χ0) is 10.0. The minimum atomic E-state index is -2.83. The topological polar surface area (TPSA) is 85.2 Å². The van der Waals surface area contributed by atoms with E-state index in [1.165, 1.54) is 0 Å². The van der Waals surface area contributed by atoms with Crippen LogP contribution in [0.25, 0.3) is 0 Å². The van der Waals surface area contributed by atoms with Gasteiger partial charge in [-0.2, -0.15) is 0 Å². The molecular formula is C7H9F2N3O. The van der Waals surface area contributed by atoms with Gasteiger partial charge in [-0.05, 0) is 0 Å². The number of nitrogens with zero attached hydrogens (tertiary/aromatic N) is 1. The van der Waals surface area contributed by atoms with Crippen molar-refractivity contribution in [3.8, 4) is 5.75 Å². The van der Waals surface area contributed by atoms with Crippen molar-refractivity contribution in [3.05, 3.63) is 17.5 Å². The highest BCUT2D eigenvalue weighted by atomic mass is 19.3. The van der Waals surface area contributed by atoms with Crippen LogP contribution in [0.4, 0.5) is 14.5 Å². The molecule has 0 saturated carbocycles. The van der Waals surface area contributed by atoms with Gasteiger partial charge < -0.3 is 16.6 Å². The van der Waals surface area contributed by atoms with E-state index in [2.05, 4.69) is 4.98 Å². The van der Waals surface area contributed by atoms with Gasteiger partial charge in [0.1, 0.15) is 11.4 Å². The number of halogens is 2. The van der Waals surface area contributed by atoms with Crippen LogP contribution in [-0.2, 0) is 6.54 Å². The molecule has 1 rings (SSSR count). The van der Waals surface area contributed by atoms with Crippen LogP contribution in [-0.4, -0.2) is 10.1 Å². The maximum atomic E-state index is 12.2. The Morgan fingerprint density at radius 1 is 1.54 bits per heavy atom. The number of rotatable bonds is 2. The molecule has 1 heterocycles. The van der Waals surface area contributed by atoms with Crippen molar-refractivity contribution >= 4 is 5.69 Å². The lowest BCUT2D eigenvalue weighted by atomic mass is 10.1. The molecule has 72 valence electrons. The van der Waals surface area contributed by atoms with E-state index in [-0.39, 0.29) is 17.8 Å². The third-order valence-corrected chi connectivity index (χ3v) is 1.63. The maximum Gasteiger partial charge on any atom is 0.284 e. The van der Waals surface area contributed by atoms with Crippen molar-refractivity contribution in [1.29, 1.82) is 0 Å². The summed E-state index contributed by atoms with van der Waals surface area (Å²) < 4.78 is 24.3. The number of nitrogen functional groups attached to an aromatic ring is 1. The van der Waals surface area contributed by atoms with E-state index in [1.54, 1.807) is 0 Å². The predicted octanol–water partition coefficient (Wildman–Crippen LogP) is 0.766. The highest BCUT2D eigenvalue weighted by Gasteiger charge is 2.18. The fourth-order valence-electron chi connectivity index (χ4n) is 0.944. The number of hydrogen-bond acceptors (Lipinski definition) is 4. The summed E-state index contributed by atoms with van der Waals surface area (Å²) in [6, 6.07) is 0. The Morgan fingerprint density at radius 3 is 2.62 bits per heavy atom. The first kappa shape index (κ1) is 9.66. The van der Waals surface area contributed by atoms with Crippen LogP contribution in [0.5, 0.6) is 5.75 Å². The lowest BCUT2D eigenvalue weighted by Gasteiger charge is -2.08. The Balaban J connectivity index is 3.27. The van der Waals surface area contributed by atoms with E-state index >= 15 is 0 Å². The zero-order valence-corrected chi connectivity index (χ0v) is 6.67. The first-order chi connectivity index (χ1) is 6.07. The lowest BCUT2D eigenvalue weighted by Crippen LogP contribution is -2.05. The van der Waals surface area contributed by atoms with Gasteiger partial charge in [0.15, 0.2) is 0 Å². The summed E-state index contributed by atoms with van der Waals surface area (Å²) >= 11 is 0. The molecule has 0 spiro atoms. The van der Waals surface area contributed by atoms with Gasteiger partial charge in [0.05, 0.1) is 11.9 Å². The largest absolute Gasteiger partial charge is 0.505 e. The fourth-order valence-corrected chi connectivity index (χ4v) is 0.944. The third kappa shape index (κ3) is 1.67. The molecule has 0 aliphatic heterocycles. The highest BCUT2D eigenvalue weighted by molar-refractivity contribution is 5.53. The standard InChI is InChI=1S/C7H9F2N3O/c8-7(9)5-6(13)3(1-10)4(11)2-12-5/h2,7,13H,1,10-11H2. The van der Waals surface area contributed by atoms with E-state index in [9.17, 15) is 13.9 Å². The Bertz CT molecular complexity index is 317. The van der Waals surface area contributed by atoms with E-state index in [4.69, 9.17) is 11.5 Å². The number of alkyl halides is 2. The molecule has 0 atom stereocenters. The summed E-state index contributed by atoms with van der Waals surface area (Å²) in [4.78, 5) is 3.31. The SMILES string of the molecule is NCc1c(N)cnc(C(F)F)c1O. The quantitative estimate of drug-likeness (QED) is 0.641. The van der Waals surface area contributed by atoms with E-state index in [0.29, 0.717) is 0 Å². The molecule has 1 aromatic rings. The van der Waals surface area contributed by atoms with Crippen molar-refractivity contribution < 1.29 is 13.9 Å². The molecule has 0 aromatic carbocycles. The Hall–Kier alpha value is -1.43. The minimum absolute atomic E-state index is 0.0973. The van der Waals surface area contributed by atoms with Gasteiger partial charge in [-0.25, -0.2) is 13.8 Å². The molecule has 1 aromatic heterocycles. The average molecular weight is 189 g/mol. The van der Waals surface area contributed by atoms with Gasteiger partial charge in [0, 0.05) is 12.1 Å². The summed E-state index contributed by atoms with van der Waals surface area (Å²) in [6.07, 6.45) is -1.77. The molecule has 0 unspecified atom stereocenters. The molecule has 0 aliphatic carbocycles. The molecule has 0 aliphatic rings. The molecule has 0 bridgehead atoms. The minimum Gasteiger partial charge on any atom is -0.505 e. The van der Waals surface area contributed by atoms with E-state index in [1.807, 2.05) is 0 Å². The van der Waals surface area contributed by atoms with Crippen LogP contribution < -0.4 is 11.5 Å². The van der Waals surface area contributed by atoms with Gasteiger partial charge in [-0.1, -0.05) is 0 Å². The van der Waals surface area contributed by atoms with Crippen molar-refractivity contribution in [2.75, 3.05) is 5.73 Å². The fraction of sp³-hybridized carbons (Fsp3) is 0.286. The highest BCUT2D eigenvalue weighted by Crippen LogP contribution is 2.31. The normalized spacial score (nSPS) is 10.8. The molecular weight excluding hydrogens is 180 g/mol. The van der Waals surface area contributed by atoms with Crippen molar-refractivity contribution in [2.24, 2.45) is 5.73 Å². The second-order valence-corrected chi connectivity index (χ2v) is 2.43. The van der Waals surface area contributed by atoms with Crippen molar-refractivity contribution in [2.45, 2.75) is 13.0 Å². The monoisotopic (exact) mass is 189 g/mol. The summed E-state index contributed by atoms with van der Waals surface area (Å²) in [6.45, 7) is -0.0973. The summed E-state index contributed by atoms with van der Waals surface area (Å²) in [5.74, 6) is -0.613. The van der Waals surface area contributed by atoms with Crippen molar-refractivity contribution in [1.82, 2.24) is 4.98 Å².